The van der Waals surface area contributed by atoms with E-state index in [0.717, 1.165) is 19.6 Å². The molecule has 0 bridgehead atoms. The third kappa shape index (κ3) is 1.15. The average Bonchev–Trinajstić information content (AvgIpc) is 2.48. The van der Waals surface area contributed by atoms with E-state index in [2.05, 4.69) is 20.8 Å². The van der Waals surface area contributed by atoms with Crippen LogP contribution in [-0.2, 0) is 9.47 Å². The van der Waals surface area contributed by atoms with Gasteiger partial charge >= 0.3 is 0 Å². The number of hydrogen-bond donors (Lipinski definition) is 0. The topological polar surface area (TPSA) is 18.5 Å². The molecule has 2 aliphatic heterocycles. The fourth-order valence-electron chi connectivity index (χ4n) is 2.77. The summed E-state index contributed by atoms with van der Waals surface area (Å²) in [6.07, 6.45) is 3.51. The first kappa shape index (κ1) is 9.47. The van der Waals surface area contributed by atoms with Crippen molar-refractivity contribution in [2.45, 2.75) is 51.2 Å². The molecule has 3 atom stereocenters. The smallest absolute Gasteiger partial charge is 0.0990 e. The summed E-state index contributed by atoms with van der Waals surface area (Å²) in [5.41, 5.74) is -0.0180. The van der Waals surface area contributed by atoms with Crippen LogP contribution in [0, 0.1) is 5.92 Å². The summed E-state index contributed by atoms with van der Waals surface area (Å²) in [6.45, 7) is 8.42. The first-order chi connectivity index (χ1) is 6.12. The highest BCUT2D eigenvalue weighted by molar-refractivity contribution is 5.08. The van der Waals surface area contributed by atoms with E-state index in [9.17, 15) is 0 Å². The molecule has 0 saturated carbocycles. The Bertz CT molecular complexity index is 204. The molecule has 13 heavy (non-hydrogen) atoms. The summed E-state index contributed by atoms with van der Waals surface area (Å²) in [6, 6.07) is 0. The minimum atomic E-state index is -0.0109. The Morgan fingerprint density at radius 2 is 2.08 bits per heavy atom. The number of fused-ring (bicyclic) bond motifs is 1. The average molecular weight is 184 g/mol. The van der Waals surface area contributed by atoms with E-state index in [1.54, 1.807) is 0 Å². The first-order valence-electron chi connectivity index (χ1n) is 5.40. The summed E-state index contributed by atoms with van der Waals surface area (Å²) in [7, 11) is 0. The second kappa shape index (κ2) is 2.96. The number of ether oxygens (including phenoxy) is 2. The van der Waals surface area contributed by atoms with Crippen LogP contribution in [0.25, 0.3) is 0 Å². The molecule has 0 aromatic rings. The lowest BCUT2D eigenvalue weighted by Gasteiger charge is -2.34. The Hall–Kier alpha value is -0.0800. The van der Waals surface area contributed by atoms with Gasteiger partial charge in [0, 0.05) is 12.3 Å². The molecule has 0 aliphatic carbocycles. The Balaban J connectivity index is 2.18. The summed E-state index contributed by atoms with van der Waals surface area (Å²) in [5, 5.41) is 0. The summed E-state index contributed by atoms with van der Waals surface area (Å²) in [4.78, 5) is 0. The summed E-state index contributed by atoms with van der Waals surface area (Å²) >= 11 is 0. The maximum atomic E-state index is 5.91. The zero-order valence-electron chi connectivity index (χ0n) is 8.93. The molecule has 2 heteroatoms. The molecule has 3 unspecified atom stereocenters. The van der Waals surface area contributed by atoms with Gasteiger partial charge in [0.05, 0.1) is 24.4 Å². The largest absolute Gasteiger partial charge is 0.372 e. The molecule has 0 N–H and O–H groups in total. The lowest BCUT2D eigenvalue weighted by atomic mass is 9.77. The molecule has 0 aromatic carbocycles. The normalized spacial score (nSPS) is 49.6. The fourth-order valence-corrected chi connectivity index (χ4v) is 2.77. The van der Waals surface area contributed by atoms with Gasteiger partial charge in [-0.05, 0) is 20.3 Å². The maximum absolute atomic E-state index is 5.91. The van der Waals surface area contributed by atoms with Crippen LogP contribution in [0.15, 0.2) is 0 Å². The number of rotatable bonds is 2. The van der Waals surface area contributed by atoms with E-state index >= 15 is 0 Å². The van der Waals surface area contributed by atoms with E-state index in [4.69, 9.17) is 9.47 Å². The molecule has 2 fully saturated rings. The van der Waals surface area contributed by atoms with Crippen molar-refractivity contribution in [3.63, 3.8) is 0 Å². The summed E-state index contributed by atoms with van der Waals surface area (Å²) in [5.74, 6) is 0.602. The van der Waals surface area contributed by atoms with E-state index < -0.39 is 0 Å². The Morgan fingerprint density at radius 3 is 2.77 bits per heavy atom. The van der Waals surface area contributed by atoms with Crippen molar-refractivity contribution in [2.75, 3.05) is 13.2 Å². The van der Waals surface area contributed by atoms with Crippen molar-refractivity contribution in [3.05, 3.63) is 0 Å². The van der Waals surface area contributed by atoms with Crippen LogP contribution < -0.4 is 0 Å². The van der Waals surface area contributed by atoms with E-state index in [-0.39, 0.29) is 11.2 Å². The van der Waals surface area contributed by atoms with Gasteiger partial charge in [-0.25, -0.2) is 0 Å². The van der Waals surface area contributed by atoms with Crippen molar-refractivity contribution in [2.24, 2.45) is 5.92 Å². The molecule has 2 heterocycles. The minimum absolute atomic E-state index is 0.00711. The van der Waals surface area contributed by atoms with Crippen LogP contribution >= 0.6 is 0 Å². The van der Waals surface area contributed by atoms with Gasteiger partial charge in [-0.1, -0.05) is 13.3 Å². The lowest BCUT2D eigenvalue weighted by molar-refractivity contribution is -0.0763. The molecule has 0 radical (unpaired) electrons. The van der Waals surface area contributed by atoms with Crippen LogP contribution in [0.2, 0.25) is 0 Å². The zero-order chi connectivity index (χ0) is 9.53. The van der Waals surface area contributed by atoms with Crippen LogP contribution in [0.4, 0.5) is 0 Å². The lowest BCUT2D eigenvalue weighted by Crippen LogP contribution is -2.46. The second-order valence-corrected chi connectivity index (χ2v) is 4.73. The predicted molar refractivity (Wildman–Crippen MR) is 51.7 cm³/mol. The SMILES string of the molecule is CCCC1COC2(C)CCOC12C. The standard InChI is InChI=1S/C11H20O2/c1-4-5-9-8-13-10(2)6-7-12-11(9,10)3/h9H,4-8H2,1-3H3. The molecule has 2 nitrogen and oxygen atoms in total. The van der Waals surface area contributed by atoms with Gasteiger partial charge in [0.2, 0.25) is 0 Å². The molecule has 0 amide bonds. The molecule has 2 rings (SSSR count). The van der Waals surface area contributed by atoms with Gasteiger partial charge in [-0.3, -0.25) is 0 Å². The molecular weight excluding hydrogens is 164 g/mol. The van der Waals surface area contributed by atoms with Gasteiger partial charge in [-0.15, -0.1) is 0 Å². The van der Waals surface area contributed by atoms with Gasteiger partial charge in [0.1, 0.15) is 0 Å². The van der Waals surface area contributed by atoms with E-state index in [1.807, 2.05) is 0 Å². The molecule has 0 spiro atoms. The predicted octanol–water partition coefficient (Wildman–Crippen LogP) is 2.37. The fraction of sp³-hybridized carbons (Fsp3) is 1.00. The highest BCUT2D eigenvalue weighted by Crippen LogP contribution is 2.50. The van der Waals surface area contributed by atoms with Gasteiger partial charge < -0.3 is 9.47 Å². The van der Waals surface area contributed by atoms with Crippen LogP contribution in [0.3, 0.4) is 0 Å². The highest BCUT2D eigenvalue weighted by atomic mass is 16.6. The first-order valence-corrected chi connectivity index (χ1v) is 5.40. The summed E-state index contributed by atoms with van der Waals surface area (Å²) < 4.78 is 11.8. The Morgan fingerprint density at radius 1 is 1.31 bits per heavy atom. The molecular formula is C11H20O2. The zero-order valence-corrected chi connectivity index (χ0v) is 8.93. The molecule has 2 saturated heterocycles. The van der Waals surface area contributed by atoms with Gasteiger partial charge in [-0.2, -0.15) is 0 Å². The van der Waals surface area contributed by atoms with E-state index in [1.165, 1.54) is 12.8 Å². The second-order valence-electron chi connectivity index (χ2n) is 4.73. The monoisotopic (exact) mass is 184 g/mol. The van der Waals surface area contributed by atoms with Crippen molar-refractivity contribution >= 4 is 0 Å². The molecule has 2 aliphatic rings. The van der Waals surface area contributed by atoms with Gasteiger partial charge in [0.25, 0.3) is 0 Å². The van der Waals surface area contributed by atoms with E-state index in [0.29, 0.717) is 5.92 Å². The highest BCUT2D eigenvalue weighted by Gasteiger charge is 2.59. The Kier molecular flexibility index (Phi) is 2.16. The number of hydrogen-bond acceptors (Lipinski definition) is 2. The van der Waals surface area contributed by atoms with Gasteiger partial charge in [0.15, 0.2) is 0 Å². The quantitative estimate of drug-likeness (QED) is 0.656. The van der Waals surface area contributed by atoms with Crippen LogP contribution in [0.1, 0.15) is 40.0 Å². The van der Waals surface area contributed by atoms with Crippen molar-refractivity contribution < 1.29 is 9.47 Å². The molecule has 0 aromatic heterocycles. The maximum Gasteiger partial charge on any atom is 0.0990 e. The Labute approximate surface area is 80.6 Å². The third-order valence-corrected chi connectivity index (χ3v) is 4.05. The van der Waals surface area contributed by atoms with Crippen molar-refractivity contribution in [1.82, 2.24) is 0 Å². The van der Waals surface area contributed by atoms with Crippen LogP contribution in [0.5, 0.6) is 0 Å². The van der Waals surface area contributed by atoms with Crippen molar-refractivity contribution in [3.8, 4) is 0 Å². The third-order valence-electron chi connectivity index (χ3n) is 4.05. The molecule has 76 valence electrons. The van der Waals surface area contributed by atoms with Crippen LogP contribution in [-0.4, -0.2) is 24.4 Å². The van der Waals surface area contributed by atoms with Crippen molar-refractivity contribution in [1.29, 1.82) is 0 Å². The minimum Gasteiger partial charge on any atom is -0.372 e.